The lowest BCUT2D eigenvalue weighted by Crippen LogP contribution is -2.41. The molecule has 3 rings (SSSR count). The predicted octanol–water partition coefficient (Wildman–Crippen LogP) is 2.81. The first-order chi connectivity index (χ1) is 10.3. The molecule has 1 atom stereocenters. The Morgan fingerprint density at radius 2 is 2.10 bits per heavy atom. The minimum atomic E-state index is 0.550. The maximum atomic E-state index is 8.87. The molecular weight excluding hydrogens is 260 g/mol. The van der Waals surface area contributed by atoms with Crippen LogP contribution in [0, 0.1) is 11.3 Å². The van der Waals surface area contributed by atoms with Crippen LogP contribution in [0.4, 0.5) is 0 Å². The van der Waals surface area contributed by atoms with E-state index in [1.54, 1.807) is 0 Å². The van der Waals surface area contributed by atoms with E-state index in [1.807, 2.05) is 35.3 Å². The third-order valence-corrected chi connectivity index (χ3v) is 4.17. The van der Waals surface area contributed by atoms with Crippen LogP contribution in [0.25, 0.3) is 0 Å². The van der Waals surface area contributed by atoms with Gasteiger partial charge in [0.05, 0.1) is 18.2 Å². The highest BCUT2D eigenvalue weighted by Gasteiger charge is 2.22. The summed E-state index contributed by atoms with van der Waals surface area (Å²) < 4.78 is 2.03. The van der Waals surface area contributed by atoms with Crippen molar-refractivity contribution in [3.8, 4) is 6.07 Å². The molecule has 0 N–H and O–H groups in total. The van der Waals surface area contributed by atoms with E-state index >= 15 is 0 Å². The van der Waals surface area contributed by atoms with E-state index < -0.39 is 0 Å². The summed E-state index contributed by atoms with van der Waals surface area (Å²) >= 11 is 0. The summed E-state index contributed by atoms with van der Waals surface area (Å²) in [6.07, 6.45) is 7.68. The van der Waals surface area contributed by atoms with Gasteiger partial charge >= 0.3 is 0 Å². The van der Waals surface area contributed by atoms with Gasteiger partial charge in [-0.05, 0) is 43.1 Å². The van der Waals surface area contributed by atoms with Gasteiger partial charge < -0.3 is 0 Å². The molecule has 2 heterocycles. The highest BCUT2D eigenvalue weighted by atomic mass is 15.3. The van der Waals surface area contributed by atoms with Crippen LogP contribution in [0.3, 0.4) is 0 Å². The van der Waals surface area contributed by atoms with Gasteiger partial charge in [0, 0.05) is 25.0 Å². The summed E-state index contributed by atoms with van der Waals surface area (Å²) in [6.45, 7) is 3.06. The van der Waals surface area contributed by atoms with Gasteiger partial charge in [0.1, 0.15) is 0 Å². The van der Waals surface area contributed by atoms with Gasteiger partial charge in [-0.2, -0.15) is 10.4 Å². The maximum Gasteiger partial charge on any atom is 0.0991 e. The fourth-order valence-electron chi connectivity index (χ4n) is 3.02. The number of likely N-dealkylation sites (tertiary alicyclic amines) is 1. The lowest BCUT2D eigenvalue weighted by atomic mass is 10.0. The Hall–Kier alpha value is -2.12. The normalized spacial score (nSPS) is 19.3. The lowest BCUT2D eigenvalue weighted by molar-refractivity contribution is 0.122. The van der Waals surface area contributed by atoms with Gasteiger partial charge in [-0.3, -0.25) is 9.58 Å². The first-order valence-electron chi connectivity index (χ1n) is 7.55. The molecule has 1 aliphatic heterocycles. The molecule has 0 saturated carbocycles. The van der Waals surface area contributed by atoms with Gasteiger partial charge in [0.25, 0.3) is 0 Å². The number of nitrogens with zero attached hydrogens (tertiary/aromatic N) is 4. The molecule has 0 radical (unpaired) electrons. The second kappa shape index (κ2) is 6.55. The van der Waals surface area contributed by atoms with E-state index in [-0.39, 0.29) is 0 Å². The average Bonchev–Trinajstić information content (AvgIpc) is 3.03. The number of benzene rings is 1. The quantitative estimate of drug-likeness (QED) is 0.865. The highest BCUT2D eigenvalue weighted by molar-refractivity contribution is 5.31. The summed E-state index contributed by atoms with van der Waals surface area (Å²) in [5.41, 5.74) is 2.01. The second-order valence-corrected chi connectivity index (χ2v) is 5.66. The van der Waals surface area contributed by atoms with Crippen molar-refractivity contribution in [1.82, 2.24) is 14.7 Å². The van der Waals surface area contributed by atoms with Crippen LogP contribution >= 0.6 is 0 Å². The molecule has 0 aliphatic carbocycles. The largest absolute Gasteiger partial charge is 0.294 e. The molecule has 4 heteroatoms. The summed E-state index contributed by atoms with van der Waals surface area (Å²) in [5, 5.41) is 13.2. The summed E-state index contributed by atoms with van der Waals surface area (Å²) in [7, 11) is 0. The maximum absolute atomic E-state index is 8.87. The summed E-state index contributed by atoms with van der Waals surface area (Å²) in [5.74, 6) is 0. The summed E-state index contributed by atoms with van der Waals surface area (Å²) in [4.78, 5) is 2.55. The predicted molar refractivity (Wildman–Crippen MR) is 81.4 cm³/mol. The molecule has 0 amide bonds. The highest BCUT2D eigenvalue weighted by Crippen LogP contribution is 2.21. The Kier molecular flexibility index (Phi) is 4.32. The fraction of sp³-hybridized carbons (Fsp3) is 0.412. The van der Waals surface area contributed by atoms with E-state index in [2.05, 4.69) is 28.2 Å². The number of hydrogen-bond donors (Lipinski definition) is 0. The third-order valence-electron chi connectivity index (χ3n) is 4.17. The smallest absolute Gasteiger partial charge is 0.0991 e. The van der Waals surface area contributed by atoms with Crippen LogP contribution in [-0.2, 0) is 13.1 Å². The molecule has 108 valence electrons. The Morgan fingerprint density at radius 3 is 2.81 bits per heavy atom. The molecule has 21 heavy (non-hydrogen) atoms. The van der Waals surface area contributed by atoms with Crippen LogP contribution in [0.5, 0.6) is 0 Å². The topological polar surface area (TPSA) is 44.9 Å². The van der Waals surface area contributed by atoms with Crippen molar-refractivity contribution in [2.75, 3.05) is 6.54 Å². The Balaban J connectivity index is 1.67. The first kappa shape index (κ1) is 13.8. The van der Waals surface area contributed by atoms with Gasteiger partial charge in [-0.1, -0.05) is 18.6 Å². The Bertz CT molecular complexity index is 595. The zero-order valence-electron chi connectivity index (χ0n) is 12.2. The number of rotatable bonds is 4. The molecule has 0 spiro atoms. The lowest BCUT2D eigenvalue weighted by Gasteiger charge is -2.35. The minimum absolute atomic E-state index is 0.550. The molecular formula is C17H20N4. The van der Waals surface area contributed by atoms with Gasteiger partial charge in [-0.25, -0.2) is 0 Å². The SMILES string of the molecule is N#Cc1ccc(CN2CCCC[C@H]2Cn2cccn2)cc1. The molecule has 0 bridgehead atoms. The molecule has 2 aromatic rings. The van der Waals surface area contributed by atoms with Crippen molar-refractivity contribution in [2.45, 2.75) is 38.4 Å². The first-order valence-corrected chi connectivity index (χ1v) is 7.55. The van der Waals surface area contributed by atoms with E-state index in [9.17, 15) is 0 Å². The fourth-order valence-corrected chi connectivity index (χ4v) is 3.02. The zero-order valence-corrected chi connectivity index (χ0v) is 12.2. The van der Waals surface area contributed by atoms with E-state index in [1.165, 1.54) is 24.8 Å². The van der Waals surface area contributed by atoms with Crippen molar-refractivity contribution in [3.05, 3.63) is 53.9 Å². The number of piperidine rings is 1. The third kappa shape index (κ3) is 3.50. The molecule has 1 saturated heterocycles. The number of aromatic nitrogens is 2. The molecule has 0 unspecified atom stereocenters. The van der Waals surface area contributed by atoms with Crippen molar-refractivity contribution >= 4 is 0 Å². The van der Waals surface area contributed by atoms with Crippen LogP contribution in [0.1, 0.15) is 30.4 Å². The molecule has 4 nitrogen and oxygen atoms in total. The monoisotopic (exact) mass is 280 g/mol. The average molecular weight is 280 g/mol. The molecule has 1 aromatic heterocycles. The molecule has 1 fully saturated rings. The Morgan fingerprint density at radius 1 is 1.24 bits per heavy atom. The van der Waals surface area contributed by atoms with Crippen molar-refractivity contribution in [3.63, 3.8) is 0 Å². The zero-order chi connectivity index (χ0) is 14.5. The van der Waals surface area contributed by atoms with Crippen LogP contribution in [0.15, 0.2) is 42.7 Å². The van der Waals surface area contributed by atoms with Crippen LogP contribution < -0.4 is 0 Å². The van der Waals surface area contributed by atoms with Crippen LogP contribution in [-0.4, -0.2) is 27.3 Å². The van der Waals surface area contributed by atoms with Gasteiger partial charge in [-0.15, -0.1) is 0 Å². The van der Waals surface area contributed by atoms with Crippen molar-refractivity contribution in [1.29, 1.82) is 5.26 Å². The number of nitriles is 1. The van der Waals surface area contributed by atoms with Gasteiger partial charge in [0.15, 0.2) is 0 Å². The van der Waals surface area contributed by atoms with Gasteiger partial charge in [0.2, 0.25) is 0 Å². The van der Waals surface area contributed by atoms with Crippen molar-refractivity contribution < 1.29 is 0 Å². The van der Waals surface area contributed by atoms with E-state index in [4.69, 9.17) is 5.26 Å². The summed E-state index contributed by atoms with van der Waals surface area (Å²) in [6, 6.07) is 12.6. The van der Waals surface area contributed by atoms with Crippen LogP contribution in [0.2, 0.25) is 0 Å². The van der Waals surface area contributed by atoms with E-state index in [0.29, 0.717) is 6.04 Å². The Labute approximate surface area is 125 Å². The second-order valence-electron chi connectivity index (χ2n) is 5.66. The molecule has 1 aliphatic rings. The number of hydrogen-bond acceptors (Lipinski definition) is 3. The standard InChI is InChI=1S/C17H20N4/c18-12-15-5-7-16(8-6-15)13-20-10-2-1-4-17(20)14-21-11-3-9-19-21/h3,5-9,11,17H,1-2,4,10,13-14H2/t17-/m0/s1. The van der Waals surface area contributed by atoms with E-state index in [0.717, 1.165) is 25.2 Å². The minimum Gasteiger partial charge on any atom is -0.294 e. The molecule has 1 aromatic carbocycles. The van der Waals surface area contributed by atoms with Crippen molar-refractivity contribution in [2.24, 2.45) is 0 Å².